The van der Waals surface area contributed by atoms with Crippen molar-refractivity contribution in [3.63, 3.8) is 0 Å². The van der Waals surface area contributed by atoms with E-state index in [1.165, 1.54) is 24.3 Å². The van der Waals surface area contributed by atoms with Gasteiger partial charge < -0.3 is 5.32 Å². The molecule has 1 amide bonds. The molecule has 2 aromatic carbocycles. The van der Waals surface area contributed by atoms with E-state index >= 15 is 0 Å². The molecule has 2 aliphatic rings. The molecule has 6 nitrogen and oxygen atoms in total. The summed E-state index contributed by atoms with van der Waals surface area (Å²) in [4.78, 5) is 14.0. The van der Waals surface area contributed by atoms with E-state index in [2.05, 4.69) is 5.32 Å². The zero-order valence-corrected chi connectivity index (χ0v) is 17.4. The van der Waals surface area contributed by atoms with E-state index in [1.807, 2.05) is 4.90 Å². The highest BCUT2D eigenvalue weighted by atomic mass is 32.2. The molecule has 1 N–H and O–H groups in total. The lowest BCUT2D eigenvalue weighted by Crippen LogP contribution is -2.52. The third-order valence-electron chi connectivity index (χ3n) is 5.51. The van der Waals surface area contributed by atoms with Crippen LogP contribution < -0.4 is 5.32 Å². The normalized spacial score (nSPS) is 19.2. The molecular weight excluding hydrogens is 431 g/mol. The molecule has 1 aliphatic heterocycles. The van der Waals surface area contributed by atoms with E-state index in [0.717, 1.165) is 29.3 Å². The fraction of sp³-hybridized carbons (Fsp3) is 0.381. The highest BCUT2D eigenvalue weighted by Gasteiger charge is 2.37. The Morgan fingerprint density at radius 3 is 2.16 bits per heavy atom. The highest BCUT2D eigenvalue weighted by Crippen LogP contribution is 2.28. The minimum atomic E-state index is -4.22. The summed E-state index contributed by atoms with van der Waals surface area (Å²) in [5.41, 5.74) is 0.604. The molecule has 31 heavy (non-hydrogen) atoms. The largest absolute Gasteiger partial charge is 0.352 e. The number of hydrogen-bond donors (Lipinski definition) is 1. The lowest BCUT2D eigenvalue weighted by molar-refractivity contribution is -0.127. The number of benzene rings is 2. The smallest absolute Gasteiger partial charge is 0.246 e. The molecule has 0 aromatic heterocycles. The molecule has 4 rings (SSSR count). The van der Waals surface area contributed by atoms with Crippen molar-refractivity contribution in [1.82, 2.24) is 14.5 Å². The predicted octanol–water partition coefficient (Wildman–Crippen LogP) is 2.43. The Hall–Kier alpha value is -2.43. The van der Waals surface area contributed by atoms with Crippen molar-refractivity contribution in [2.45, 2.75) is 29.8 Å². The fourth-order valence-electron chi connectivity index (χ4n) is 3.70. The Balaban J connectivity index is 1.52. The average molecular weight is 453 g/mol. The van der Waals surface area contributed by atoms with Gasteiger partial charge in [-0.25, -0.2) is 21.6 Å². The maximum absolute atomic E-state index is 14.0. The van der Waals surface area contributed by atoms with Crippen molar-refractivity contribution in [3.05, 3.63) is 65.5 Å². The Kier molecular flexibility index (Phi) is 6.05. The maximum Gasteiger partial charge on any atom is 0.246 e. The van der Waals surface area contributed by atoms with E-state index < -0.39 is 38.4 Å². The summed E-state index contributed by atoms with van der Waals surface area (Å²) < 4.78 is 67.6. The van der Waals surface area contributed by atoms with Crippen LogP contribution in [0.25, 0.3) is 0 Å². The van der Waals surface area contributed by atoms with Crippen LogP contribution in [0.5, 0.6) is 0 Å². The third kappa shape index (κ3) is 4.76. The fourth-order valence-corrected chi connectivity index (χ4v) is 5.20. The first-order valence-corrected chi connectivity index (χ1v) is 11.4. The summed E-state index contributed by atoms with van der Waals surface area (Å²) in [6.07, 6.45) is 1.82. The molecule has 1 heterocycles. The Bertz CT molecular complexity index is 1070. The van der Waals surface area contributed by atoms with Crippen molar-refractivity contribution < 1.29 is 26.4 Å². The first kappa shape index (κ1) is 21.8. The SMILES string of the molecule is O=C(NC1CC1)[C@H](c1ccc(F)cc1)N1CCN(S(=O)(=O)c2cc(F)ccc2F)CC1. The van der Waals surface area contributed by atoms with Crippen molar-refractivity contribution in [3.8, 4) is 0 Å². The number of sulfonamides is 1. The van der Waals surface area contributed by atoms with Gasteiger partial charge in [-0.15, -0.1) is 0 Å². The number of hydrogen-bond acceptors (Lipinski definition) is 4. The van der Waals surface area contributed by atoms with Gasteiger partial charge in [0.25, 0.3) is 0 Å². The van der Waals surface area contributed by atoms with E-state index in [9.17, 15) is 26.4 Å². The van der Waals surface area contributed by atoms with Crippen LogP contribution in [0.4, 0.5) is 13.2 Å². The molecule has 1 saturated heterocycles. The molecule has 1 atom stereocenters. The maximum atomic E-state index is 14.0. The van der Waals surface area contributed by atoms with Gasteiger partial charge in [0, 0.05) is 32.2 Å². The van der Waals surface area contributed by atoms with Crippen LogP contribution in [0, 0.1) is 17.5 Å². The number of halogens is 3. The number of nitrogens with zero attached hydrogens (tertiary/aromatic N) is 2. The van der Waals surface area contributed by atoms with Gasteiger partial charge in [0.1, 0.15) is 28.4 Å². The Labute approximate surface area is 178 Å². The molecule has 0 radical (unpaired) electrons. The minimum Gasteiger partial charge on any atom is -0.352 e. The van der Waals surface area contributed by atoms with Crippen LogP contribution in [0.1, 0.15) is 24.4 Å². The highest BCUT2D eigenvalue weighted by molar-refractivity contribution is 7.89. The summed E-state index contributed by atoms with van der Waals surface area (Å²) >= 11 is 0. The summed E-state index contributed by atoms with van der Waals surface area (Å²) in [6, 6.07) is 7.38. The van der Waals surface area contributed by atoms with Crippen LogP contribution in [0.15, 0.2) is 47.4 Å². The van der Waals surface area contributed by atoms with E-state index in [4.69, 9.17) is 0 Å². The molecule has 166 valence electrons. The number of nitrogens with one attached hydrogen (secondary N) is 1. The molecular formula is C21H22F3N3O3S. The number of amides is 1. The summed E-state index contributed by atoms with van der Waals surface area (Å²) in [7, 11) is -4.22. The average Bonchev–Trinajstić information content (AvgIpc) is 3.56. The lowest BCUT2D eigenvalue weighted by Gasteiger charge is -2.38. The molecule has 2 aromatic rings. The zero-order chi connectivity index (χ0) is 22.2. The minimum absolute atomic E-state index is 0.00664. The number of carbonyl (C=O) groups is 1. The summed E-state index contributed by atoms with van der Waals surface area (Å²) in [5, 5.41) is 2.95. The van der Waals surface area contributed by atoms with Crippen molar-refractivity contribution in [2.75, 3.05) is 26.2 Å². The quantitative estimate of drug-likeness (QED) is 0.730. The van der Waals surface area contributed by atoms with Gasteiger partial charge in [-0.3, -0.25) is 9.69 Å². The number of piperazine rings is 1. The van der Waals surface area contributed by atoms with Gasteiger partial charge in [0.15, 0.2) is 0 Å². The second-order valence-corrected chi connectivity index (χ2v) is 9.66. The van der Waals surface area contributed by atoms with Crippen molar-refractivity contribution in [2.24, 2.45) is 0 Å². The van der Waals surface area contributed by atoms with Gasteiger partial charge in [-0.05, 0) is 48.7 Å². The first-order valence-electron chi connectivity index (χ1n) is 10.0. The monoisotopic (exact) mass is 453 g/mol. The van der Waals surface area contributed by atoms with Gasteiger partial charge >= 0.3 is 0 Å². The second-order valence-electron chi connectivity index (χ2n) is 7.75. The lowest BCUT2D eigenvalue weighted by atomic mass is 10.0. The predicted molar refractivity (Wildman–Crippen MR) is 107 cm³/mol. The summed E-state index contributed by atoms with van der Waals surface area (Å²) in [6.45, 7) is 0.423. The molecule has 0 unspecified atom stereocenters. The van der Waals surface area contributed by atoms with Crippen LogP contribution >= 0.6 is 0 Å². The van der Waals surface area contributed by atoms with Crippen LogP contribution in [0.2, 0.25) is 0 Å². The van der Waals surface area contributed by atoms with E-state index in [0.29, 0.717) is 11.6 Å². The summed E-state index contributed by atoms with van der Waals surface area (Å²) in [5.74, 6) is -2.50. The van der Waals surface area contributed by atoms with Crippen molar-refractivity contribution in [1.29, 1.82) is 0 Å². The first-order chi connectivity index (χ1) is 14.8. The number of carbonyl (C=O) groups excluding carboxylic acids is 1. The molecule has 0 bridgehead atoms. The Morgan fingerprint density at radius 1 is 0.935 bits per heavy atom. The standard InChI is InChI=1S/C21H22F3N3O3S/c22-15-3-1-14(2-4-15)20(21(28)25-17-6-7-17)26-9-11-27(12-10-26)31(29,30)19-13-16(23)5-8-18(19)24/h1-5,8,13,17,20H,6-7,9-12H2,(H,25,28)/t20-/m0/s1. The van der Waals surface area contributed by atoms with Crippen LogP contribution in [-0.4, -0.2) is 55.8 Å². The molecule has 1 aliphatic carbocycles. The van der Waals surface area contributed by atoms with Crippen LogP contribution in [0.3, 0.4) is 0 Å². The van der Waals surface area contributed by atoms with Gasteiger partial charge in [0.05, 0.1) is 0 Å². The second kappa shape index (κ2) is 8.60. The van der Waals surface area contributed by atoms with E-state index in [1.54, 1.807) is 0 Å². The van der Waals surface area contributed by atoms with Gasteiger partial charge in [-0.2, -0.15) is 4.31 Å². The zero-order valence-electron chi connectivity index (χ0n) is 16.6. The third-order valence-corrected chi connectivity index (χ3v) is 7.42. The van der Waals surface area contributed by atoms with Gasteiger partial charge in [0.2, 0.25) is 15.9 Å². The number of rotatable bonds is 6. The molecule has 0 spiro atoms. The molecule has 2 fully saturated rings. The van der Waals surface area contributed by atoms with Crippen LogP contribution in [-0.2, 0) is 14.8 Å². The molecule has 1 saturated carbocycles. The topological polar surface area (TPSA) is 69.7 Å². The Morgan fingerprint density at radius 2 is 1.55 bits per heavy atom. The van der Waals surface area contributed by atoms with Gasteiger partial charge in [-0.1, -0.05) is 12.1 Å². The molecule has 10 heteroatoms. The van der Waals surface area contributed by atoms with E-state index in [-0.39, 0.29) is 38.1 Å². The van der Waals surface area contributed by atoms with Crippen molar-refractivity contribution >= 4 is 15.9 Å².